The van der Waals surface area contributed by atoms with Gasteiger partial charge in [0.15, 0.2) is 18.4 Å². The average Bonchev–Trinajstić information content (AvgIpc) is 2.99. The number of rotatable bonds is 11. The van der Waals surface area contributed by atoms with Crippen LogP contribution in [0.5, 0.6) is 0 Å². The Balaban J connectivity index is 2.35. The quantitative estimate of drug-likeness (QED) is 0.191. The van der Waals surface area contributed by atoms with Gasteiger partial charge in [-0.3, -0.25) is 32.4 Å². The fourth-order valence-electron chi connectivity index (χ4n) is 3.02. The fourth-order valence-corrected chi connectivity index (χ4v) is 5.89. The van der Waals surface area contributed by atoms with E-state index >= 15 is 0 Å². The van der Waals surface area contributed by atoms with E-state index in [4.69, 9.17) is 14.2 Å². The van der Waals surface area contributed by atoms with Crippen LogP contribution in [0.25, 0.3) is 0 Å². The number of esters is 2. The van der Waals surface area contributed by atoms with Crippen LogP contribution in [-0.4, -0.2) is 52.3 Å². The summed E-state index contributed by atoms with van der Waals surface area (Å²) in [7, 11) is -18.5. The van der Waals surface area contributed by atoms with E-state index in [1.54, 1.807) is 0 Å². The Labute approximate surface area is 212 Å². The Bertz CT molecular complexity index is 1280. The van der Waals surface area contributed by atoms with Gasteiger partial charge in [-0.1, -0.05) is 0 Å². The Kier molecular flexibility index (Phi) is 10.3. The van der Waals surface area contributed by atoms with Gasteiger partial charge in [0.05, 0.1) is 14.4 Å². The summed E-state index contributed by atoms with van der Waals surface area (Å²) in [5, 5.41) is 2.25. The van der Waals surface area contributed by atoms with Crippen molar-refractivity contribution in [2.75, 3.05) is 11.9 Å². The fraction of sp³-hybridized carbons (Fsp3) is 0.533. The Morgan fingerprint density at radius 2 is 1.58 bits per heavy atom. The molecule has 1 aromatic heterocycles. The van der Waals surface area contributed by atoms with Crippen molar-refractivity contribution in [3.63, 3.8) is 0 Å². The summed E-state index contributed by atoms with van der Waals surface area (Å²) in [5.74, 6) is -2.66. The van der Waals surface area contributed by atoms with E-state index in [0.717, 1.165) is 37.6 Å². The van der Waals surface area contributed by atoms with E-state index < -0.39 is 78.2 Å². The maximum Gasteiger partial charge on any atom is 0.351 e. The minimum absolute atomic E-state index is 0.161. The lowest BCUT2D eigenvalue weighted by Gasteiger charge is -2.37. The molecule has 1 fully saturated rings. The van der Waals surface area contributed by atoms with E-state index in [0.29, 0.717) is 0 Å². The van der Waals surface area contributed by atoms with Gasteiger partial charge in [-0.05, 0) is 6.07 Å². The van der Waals surface area contributed by atoms with Crippen molar-refractivity contribution >= 4 is 47.1 Å². The number of phosphoric ester groups is 1. The standard InChI is InChI=1S/C15H22N3O17P3/c1-7(19)16-11-4-5-18(15(22)17-11)14-13(32-9(3)21)12(31-8(2)20)10(33-14)6-30-37(26,27)35-38(28,29)34-36(23,24)25/h4-5,10,12-14H,6H2,1-3H3,(H,26,27)(H,28,29)(H2,23,24,25)(H,16,17,19,22)/p-4. The highest BCUT2D eigenvalue weighted by molar-refractivity contribution is 7.64. The van der Waals surface area contributed by atoms with Gasteiger partial charge in [-0.25, -0.2) is 9.11 Å². The second kappa shape index (κ2) is 12.2. The minimum atomic E-state index is -6.27. The molecule has 0 saturated carbocycles. The molecule has 1 aliphatic rings. The maximum absolute atomic E-state index is 12.5. The van der Waals surface area contributed by atoms with E-state index in [1.165, 1.54) is 0 Å². The van der Waals surface area contributed by atoms with Gasteiger partial charge < -0.3 is 48.2 Å². The van der Waals surface area contributed by atoms with Crippen LogP contribution in [0.4, 0.5) is 5.82 Å². The van der Waals surface area contributed by atoms with Gasteiger partial charge >= 0.3 is 17.6 Å². The molecule has 214 valence electrons. The molecule has 0 bridgehead atoms. The van der Waals surface area contributed by atoms with Crippen LogP contribution < -0.4 is 30.6 Å². The van der Waals surface area contributed by atoms with Gasteiger partial charge in [0, 0.05) is 27.0 Å². The molecule has 0 spiro atoms. The number of ether oxygens (including phenoxy) is 3. The molecular formula is C15H18N3O17P3-4. The van der Waals surface area contributed by atoms with Crippen molar-refractivity contribution in [3.8, 4) is 0 Å². The first-order valence-electron chi connectivity index (χ1n) is 9.86. The van der Waals surface area contributed by atoms with Gasteiger partial charge in [0.25, 0.3) is 15.6 Å². The van der Waals surface area contributed by atoms with Crippen LogP contribution in [0.3, 0.4) is 0 Å². The largest absolute Gasteiger partial charge is 0.790 e. The third-order valence-electron chi connectivity index (χ3n) is 4.09. The predicted molar refractivity (Wildman–Crippen MR) is 109 cm³/mol. The molecule has 1 saturated heterocycles. The number of nitrogens with zero attached hydrogens (tertiary/aromatic N) is 2. The molecule has 0 aliphatic carbocycles. The Morgan fingerprint density at radius 3 is 2.08 bits per heavy atom. The monoisotopic (exact) mass is 605 g/mol. The van der Waals surface area contributed by atoms with Crippen molar-refractivity contribution in [2.45, 2.75) is 45.3 Å². The number of hydrogen-bond donors (Lipinski definition) is 1. The van der Waals surface area contributed by atoms with Crippen LogP contribution in [0.2, 0.25) is 0 Å². The first kappa shape index (κ1) is 31.9. The number of nitrogens with one attached hydrogen (secondary N) is 1. The molecule has 0 aromatic carbocycles. The highest BCUT2D eigenvalue weighted by Crippen LogP contribution is 2.60. The number of carbonyl (C=O) groups excluding carboxylic acids is 3. The molecule has 1 amide bonds. The van der Waals surface area contributed by atoms with Crippen LogP contribution in [0, 0.1) is 0 Å². The predicted octanol–water partition coefficient (Wildman–Crippen LogP) is -3.22. The SMILES string of the molecule is CC(=O)Nc1ccn(C2OC(COP(=O)([O-])OP(=O)([O-])OP(=O)([O-])[O-])C(OC(C)=O)C2OC(C)=O)c(=O)n1. The summed E-state index contributed by atoms with van der Waals surface area (Å²) in [6.45, 7) is 1.80. The lowest BCUT2D eigenvalue weighted by molar-refractivity contribution is -0.339. The Hall–Kier alpha value is -2.34. The number of phosphoric acid groups is 3. The Morgan fingerprint density at radius 1 is 1.00 bits per heavy atom. The van der Waals surface area contributed by atoms with Gasteiger partial charge in [-0.15, -0.1) is 0 Å². The highest BCUT2D eigenvalue weighted by atomic mass is 31.3. The molecule has 23 heteroatoms. The zero-order valence-electron chi connectivity index (χ0n) is 19.3. The number of anilines is 1. The van der Waals surface area contributed by atoms with Gasteiger partial charge in [0.1, 0.15) is 11.9 Å². The molecule has 20 nitrogen and oxygen atoms in total. The summed E-state index contributed by atoms with van der Waals surface area (Å²) < 4.78 is 60.9. The van der Waals surface area contributed by atoms with Crippen molar-refractivity contribution in [3.05, 3.63) is 22.7 Å². The zero-order chi connectivity index (χ0) is 29.1. The summed E-state index contributed by atoms with van der Waals surface area (Å²) in [6, 6.07) is 1.15. The lowest BCUT2D eigenvalue weighted by Crippen LogP contribution is -2.41. The summed E-state index contributed by atoms with van der Waals surface area (Å²) in [5.41, 5.74) is -1.07. The molecule has 6 unspecified atom stereocenters. The number of amides is 1. The molecule has 2 rings (SSSR count). The normalized spacial score (nSPS) is 24.6. The number of hydrogen-bond acceptors (Lipinski definition) is 18. The first-order chi connectivity index (χ1) is 17.3. The van der Waals surface area contributed by atoms with Crippen LogP contribution in [0.15, 0.2) is 17.1 Å². The first-order valence-corrected chi connectivity index (χ1v) is 14.2. The number of carbonyl (C=O) groups is 3. The molecule has 0 radical (unpaired) electrons. The zero-order valence-corrected chi connectivity index (χ0v) is 22.0. The second-order valence-corrected chi connectivity index (χ2v) is 11.4. The molecular weight excluding hydrogens is 587 g/mol. The minimum Gasteiger partial charge on any atom is -0.790 e. The van der Waals surface area contributed by atoms with E-state index in [1.807, 2.05) is 0 Å². The molecule has 6 atom stereocenters. The van der Waals surface area contributed by atoms with E-state index in [-0.39, 0.29) is 5.82 Å². The topological polar surface area (TPSA) is 297 Å². The maximum atomic E-state index is 12.5. The average molecular weight is 605 g/mol. The molecule has 2 heterocycles. The summed E-state index contributed by atoms with van der Waals surface area (Å²) >= 11 is 0. The lowest BCUT2D eigenvalue weighted by atomic mass is 10.1. The molecule has 1 aliphatic heterocycles. The molecule has 38 heavy (non-hydrogen) atoms. The van der Waals surface area contributed by atoms with Gasteiger partial charge in [-0.2, -0.15) is 4.98 Å². The van der Waals surface area contributed by atoms with Crippen LogP contribution in [0.1, 0.15) is 27.0 Å². The van der Waals surface area contributed by atoms with Crippen molar-refractivity contribution in [2.24, 2.45) is 0 Å². The number of aromatic nitrogens is 2. The van der Waals surface area contributed by atoms with E-state index in [9.17, 15) is 52.4 Å². The summed E-state index contributed by atoms with van der Waals surface area (Å²) in [4.78, 5) is 94.8. The van der Waals surface area contributed by atoms with E-state index in [2.05, 4.69) is 23.4 Å². The highest BCUT2D eigenvalue weighted by Gasteiger charge is 2.51. The second-order valence-electron chi connectivity index (χ2n) is 7.20. The van der Waals surface area contributed by atoms with Crippen LogP contribution >= 0.6 is 23.5 Å². The van der Waals surface area contributed by atoms with Crippen molar-refractivity contribution < 1.29 is 75.0 Å². The smallest absolute Gasteiger partial charge is 0.351 e. The summed E-state index contributed by atoms with van der Waals surface area (Å²) in [6.07, 6.45) is -5.56. The van der Waals surface area contributed by atoms with Crippen LogP contribution in [-0.2, 0) is 55.4 Å². The van der Waals surface area contributed by atoms with Gasteiger partial charge in [0.2, 0.25) is 5.91 Å². The van der Waals surface area contributed by atoms with Crippen molar-refractivity contribution in [1.82, 2.24) is 9.55 Å². The third kappa shape index (κ3) is 9.76. The van der Waals surface area contributed by atoms with Crippen molar-refractivity contribution in [1.29, 1.82) is 0 Å². The third-order valence-corrected chi connectivity index (χ3v) is 7.76. The molecule has 1 N–H and O–H groups in total. The molecule has 1 aromatic rings.